The normalized spacial score (nSPS) is 10.2. The number of benzene rings is 2. The van der Waals surface area contributed by atoms with Gasteiger partial charge in [-0.05, 0) is 43.2 Å². The third-order valence-corrected chi connectivity index (χ3v) is 3.16. The first-order chi connectivity index (χ1) is 9.99. The molecule has 2 rings (SSSR count). The number of halogens is 1. The molecule has 3 N–H and O–H groups in total. The van der Waals surface area contributed by atoms with E-state index in [-0.39, 0.29) is 18.3 Å². The molecule has 0 spiro atoms. The zero-order chi connectivity index (χ0) is 15.4. The van der Waals surface area contributed by atoms with Crippen molar-refractivity contribution in [3.63, 3.8) is 0 Å². The minimum absolute atomic E-state index is 0.0643. The molecule has 0 fully saturated rings. The number of carbonyl (C=O) groups excluding carboxylic acids is 1. The SMILES string of the molecule is Cc1cccc(OCC(=O)Nc2cccc(N)c2C)c1F. The van der Waals surface area contributed by atoms with Crippen molar-refractivity contribution in [3.05, 3.63) is 53.3 Å². The number of nitrogen functional groups attached to an aromatic ring is 1. The Labute approximate surface area is 122 Å². The van der Waals surface area contributed by atoms with Gasteiger partial charge in [0.05, 0.1) is 0 Å². The first-order valence-electron chi connectivity index (χ1n) is 6.52. The fourth-order valence-electron chi connectivity index (χ4n) is 1.85. The van der Waals surface area contributed by atoms with E-state index in [1.54, 1.807) is 37.3 Å². The van der Waals surface area contributed by atoms with Crippen LogP contribution in [-0.2, 0) is 4.79 Å². The van der Waals surface area contributed by atoms with Crippen LogP contribution in [0.1, 0.15) is 11.1 Å². The summed E-state index contributed by atoms with van der Waals surface area (Å²) in [5, 5.41) is 2.69. The minimum Gasteiger partial charge on any atom is -0.481 e. The second kappa shape index (κ2) is 6.26. The lowest BCUT2D eigenvalue weighted by Gasteiger charge is -2.11. The molecule has 0 aliphatic heterocycles. The second-order valence-corrected chi connectivity index (χ2v) is 4.74. The van der Waals surface area contributed by atoms with Gasteiger partial charge in [-0.2, -0.15) is 0 Å². The van der Waals surface area contributed by atoms with Crippen molar-refractivity contribution in [1.82, 2.24) is 0 Å². The maximum absolute atomic E-state index is 13.7. The Morgan fingerprint density at radius 2 is 1.95 bits per heavy atom. The minimum atomic E-state index is -0.453. The van der Waals surface area contributed by atoms with Crippen LogP contribution in [0.15, 0.2) is 36.4 Å². The zero-order valence-corrected chi connectivity index (χ0v) is 11.9. The first kappa shape index (κ1) is 14.8. The van der Waals surface area contributed by atoms with E-state index in [9.17, 15) is 9.18 Å². The molecule has 0 aromatic heterocycles. The highest BCUT2D eigenvalue weighted by atomic mass is 19.1. The Morgan fingerprint density at radius 1 is 1.24 bits per heavy atom. The fraction of sp³-hybridized carbons (Fsp3) is 0.188. The maximum Gasteiger partial charge on any atom is 0.262 e. The molecule has 0 aliphatic carbocycles. The van der Waals surface area contributed by atoms with E-state index in [1.807, 2.05) is 6.92 Å². The van der Waals surface area contributed by atoms with Crippen molar-refractivity contribution in [1.29, 1.82) is 0 Å². The van der Waals surface area contributed by atoms with Crippen LogP contribution in [-0.4, -0.2) is 12.5 Å². The summed E-state index contributed by atoms with van der Waals surface area (Å²) in [5.74, 6) is -0.760. The highest BCUT2D eigenvalue weighted by Crippen LogP contribution is 2.21. The van der Waals surface area contributed by atoms with Crippen LogP contribution in [0.2, 0.25) is 0 Å². The maximum atomic E-state index is 13.7. The van der Waals surface area contributed by atoms with Gasteiger partial charge in [0.1, 0.15) is 0 Å². The largest absolute Gasteiger partial charge is 0.481 e. The van der Waals surface area contributed by atoms with Crippen LogP contribution >= 0.6 is 0 Å². The monoisotopic (exact) mass is 288 g/mol. The third-order valence-electron chi connectivity index (χ3n) is 3.16. The van der Waals surface area contributed by atoms with E-state index in [4.69, 9.17) is 10.5 Å². The van der Waals surface area contributed by atoms with Crippen molar-refractivity contribution in [2.75, 3.05) is 17.7 Å². The molecule has 2 aromatic carbocycles. The van der Waals surface area contributed by atoms with Crippen molar-refractivity contribution in [2.24, 2.45) is 0 Å². The van der Waals surface area contributed by atoms with Gasteiger partial charge in [0.2, 0.25) is 0 Å². The molecule has 5 heteroatoms. The van der Waals surface area contributed by atoms with E-state index in [2.05, 4.69) is 5.32 Å². The van der Waals surface area contributed by atoms with Gasteiger partial charge >= 0.3 is 0 Å². The number of nitrogens with two attached hydrogens (primary N) is 1. The molecule has 0 atom stereocenters. The first-order valence-corrected chi connectivity index (χ1v) is 6.52. The standard InChI is InChI=1S/C16H17FN2O2/c1-10-5-3-8-14(16(10)17)21-9-15(20)19-13-7-4-6-12(18)11(13)2/h3-8H,9,18H2,1-2H3,(H,19,20). The number of carbonyl (C=O) groups is 1. The Hall–Kier alpha value is -2.56. The van der Waals surface area contributed by atoms with Crippen molar-refractivity contribution in [3.8, 4) is 5.75 Å². The third kappa shape index (κ3) is 3.51. The molecule has 0 bridgehead atoms. The van der Waals surface area contributed by atoms with E-state index in [0.29, 0.717) is 16.9 Å². The van der Waals surface area contributed by atoms with E-state index >= 15 is 0 Å². The van der Waals surface area contributed by atoms with E-state index < -0.39 is 5.82 Å². The number of ether oxygens (including phenoxy) is 1. The lowest BCUT2D eigenvalue weighted by Crippen LogP contribution is -2.21. The molecule has 0 radical (unpaired) electrons. The predicted molar refractivity (Wildman–Crippen MR) is 80.9 cm³/mol. The van der Waals surface area contributed by atoms with E-state index in [0.717, 1.165) is 5.56 Å². The number of aryl methyl sites for hydroxylation is 1. The molecule has 0 unspecified atom stereocenters. The average molecular weight is 288 g/mol. The molecular weight excluding hydrogens is 271 g/mol. The number of amides is 1. The summed E-state index contributed by atoms with van der Waals surface area (Å²) in [5.41, 5.74) is 8.24. The highest BCUT2D eigenvalue weighted by Gasteiger charge is 2.10. The molecular formula is C16H17FN2O2. The molecule has 2 aromatic rings. The van der Waals surface area contributed by atoms with Gasteiger partial charge in [0, 0.05) is 11.4 Å². The summed E-state index contributed by atoms with van der Waals surface area (Å²) in [6.45, 7) is 3.18. The molecule has 110 valence electrons. The van der Waals surface area contributed by atoms with Gasteiger partial charge in [-0.25, -0.2) is 4.39 Å². The Morgan fingerprint density at radius 3 is 2.71 bits per heavy atom. The van der Waals surface area contributed by atoms with Crippen LogP contribution in [0.3, 0.4) is 0 Å². The predicted octanol–water partition coefficient (Wildman–Crippen LogP) is 3.04. The van der Waals surface area contributed by atoms with Crippen molar-refractivity contribution >= 4 is 17.3 Å². The summed E-state index contributed by atoms with van der Waals surface area (Å²) in [4.78, 5) is 11.8. The molecule has 21 heavy (non-hydrogen) atoms. The molecule has 0 saturated carbocycles. The molecule has 4 nitrogen and oxygen atoms in total. The molecule has 1 amide bonds. The molecule has 0 aliphatic rings. The summed E-state index contributed by atoms with van der Waals surface area (Å²) in [6, 6.07) is 10.0. The Balaban J connectivity index is 1.99. The zero-order valence-electron chi connectivity index (χ0n) is 11.9. The number of nitrogens with one attached hydrogen (secondary N) is 1. The summed E-state index contributed by atoms with van der Waals surface area (Å²) in [6.07, 6.45) is 0. The highest BCUT2D eigenvalue weighted by molar-refractivity contribution is 5.93. The fourth-order valence-corrected chi connectivity index (χ4v) is 1.85. The quantitative estimate of drug-likeness (QED) is 0.850. The topological polar surface area (TPSA) is 64.3 Å². The van der Waals surface area contributed by atoms with Gasteiger partial charge in [0.25, 0.3) is 5.91 Å². The van der Waals surface area contributed by atoms with Crippen LogP contribution in [0, 0.1) is 19.7 Å². The lowest BCUT2D eigenvalue weighted by atomic mass is 10.1. The second-order valence-electron chi connectivity index (χ2n) is 4.74. The lowest BCUT2D eigenvalue weighted by molar-refractivity contribution is -0.118. The molecule has 0 heterocycles. The number of rotatable bonds is 4. The van der Waals surface area contributed by atoms with Gasteiger partial charge in [0.15, 0.2) is 18.2 Å². The van der Waals surface area contributed by atoms with Crippen LogP contribution < -0.4 is 15.8 Å². The van der Waals surface area contributed by atoms with Crippen molar-refractivity contribution in [2.45, 2.75) is 13.8 Å². The van der Waals surface area contributed by atoms with E-state index in [1.165, 1.54) is 6.07 Å². The average Bonchev–Trinajstić information content (AvgIpc) is 2.45. The summed E-state index contributed by atoms with van der Waals surface area (Å²) in [7, 11) is 0. The van der Waals surface area contributed by atoms with Gasteiger partial charge in [-0.15, -0.1) is 0 Å². The number of anilines is 2. The summed E-state index contributed by atoms with van der Waals surface area (Å²) < 4.78 is 18.9. The molecule has 0 saturated heterocycles. The van der Waals surface area contributed by atoms with Crippen LogP contribution in [0.25, 0.3) is 0 Å². The van der Waals surface area contributed by atoms with Crippen LogP contribution in [0.4, 0.5) is 15.8 Å². The van der Waals surface area contributed by atoms with Gasteiger partial charge in [-0.3, -0.25) is 4.79 Å². The van der Waals surface area contributed by atoms with Crippen LogP contribution in [0.5, 0.6) is 5.75 Å². The Kier molecular flexibility index (Phi) is 4.42. The number of hydrogen-bond acceptors (Lipinski definition) is 3. The number of hydrogen-bond donors (Lipinski definition) is 2. The smallest absolute Gasteiger partial charge is 0.262 e. The van der Waals surface area contributed by atoms with Gasteiger partial charge in [-0.1, -0.05) is 18.2 Å². The van der Waals surface area contributed by atoms with Crippen molar-refractivity contribution < 1.29 is 13.9 Å². The summed E-state index contributed by atoms with van der Waals surface area (Å²) >= 11 is 0. The Bertz CT molecular complexity index is 671. The van der Waals surface area contributed by atoms with Gasteiger partial charge < -0.3 is 15.8 Å².